The number of hydrogen-bond donors (Lipinski definition) is 1. The number of primary amides is 1. The molecule has 7 nitrogen and oxygen atoms in total. The van der Waals surface area contributed by atoms with Crippen LogP contribution in [0.2, 0.25) is 0 Å². The monoisotopic (exact) mass is 464 g/mol. The first-order valence-corrected chi connectivity index (χ1v) is 10.9. The fourth-order valence-electron chi connectivity index (χ4n) is 4.93. The van der Waals surface area contributed by atoms with Crippen molar-refractivity contribution < 1.29 is 37.0 Å². The molecule has 1 aliphatic heterocycles. The van der Waals surface area contributed by atoms with Gasteiger partial charge >= 0.3 is 18.2 Å². The van der Waals surface area contributed by atoms with Crippen molar-refractivity contribution in [3.8, 4) is 0 Å². The van der Waals surface area contributed by atoms with E-state index in [0.29, 0.717) is 6.54 Å². The van der Waals surface area contributed by atoms with E-state index in [2.05, 4.69) is 4.74 Å². The Morgan fingerprint density at radius 1 is 1.06 bits per heavy atom. The maximum Gasteiger partial charge on any atom is 0.405 e. The molecule has 0 aromatic heterocycles. The van der Waals surface area contributed by atoms with E-state index >= 15 is 0 Å². The number of alkyl halides is 3. The van der Waals surface area contributed by atoms with Crippen molar-refractivity contribution in [1.82, 2.24) is 4.90 Å². The van der Waals surface area contributed by atoms with Crippen LogP contribution in [0.25, 0.3) is 0 Å². The Balaban J connectivity index is 0.000000390. The summed E-state index contributed by atoms with van der Waals surface area (Å²) in [6, 6.07) is -0.396. The van der Waals surface area contributed by atoms with Crippen LogP contribution in [0.1, 0.15) is 67.7 Å². The van der Waals surface area contributed by atoms with Crippen LogP contribution in [0.3, 0.4) is 0 Å². The Bertz CT molecular complexity index is 756. The minimum absolute atomic E-state index is 0.0246. The first kappa shape index (κ1) is 26.3. The molecule has 2 N–H and O–H groups in total. The van der Waals surface area contributed by atoms with Gasteiger partial charge in [-0.2, -0.15) is 13.2 Å². The molecule has 3 aliphatic rings. The standard InChI is InChI=1S/C17H24F3NO3.C5H11NO2/c1-9-5-10-6-11-13(17(9,11)24-14(23)15(2,3)4)21(8-10)12(22)7-16(18,19)20;1-5(2,3)8-4(6)7/h9-11,13H,5-8H2,1-4H3;1-3H3,(H2,6,7)/t9?,10?,11-,13?,17+;/m1./s1. The van der Waals surface area contributed by atoms with Crippen LogP contribution in [-0.2, 0) is 19.1 Å². The zero-order valence-electron chi connectivity index (χ0n) is 19.8. The molecule has 2 saturated carbocycles. The van der Waals surface area contributed by atoms with Crippen molar-refractivity contribution in [3.05, 3.63) is 0 Å². The second-order valence-corrected chi connectivity index (χ2v) is 11.2. The van der Waals surface area contributed by atoms with Crippen molar-refractivity contribution in [2.75, 3.05) is 6.54 Å². The van der Waals surface area contributed by atoms with Crippen molar-refractivity contribution in [3.63, 3.8) is 0 Å². The van der Waals surface area contributed by atoms with Gasteiger partial charge in [-0.25, -0.2) is 4.79 Å². The van der Waals surface area contributed by atoms with E-state index in [1.54, 1.807) is 41.5 Å². The van der Waals surface area contributed by atoms with Crippen molar-refractivity contribution in [2.24, 2.45) is 28.9 Å². The lowest BCUT2D eigenvalue weighted by molar-refractivity contribution is -0.170. The second-order valence-electron chi connectivity index (χ2n) is 11.2. The van der Waals surface area contributed by atoms with Gasteiger partial charge in [0.1, 0.15) is 17.6 Å². The number of amides is 2. The number of esters is 1. The predicted molar refractivity (Wildman–Crippen MR) is 110 cm³/mol. The average Bonchev–Trinajstić information content (AvgIpc) is 3.21. The molecule has 0 radical (unpaired) electrons. The van der Waals surface area contributed by atoms with Crippen LogP contribution in [0.5, 0.6) is 0 Å². The fourth-order valence-corrected chi connectivity index (χ4v) is 4.93. The SMILES string of the molecule is CC(C)(C)OC(N)=O.CC1CC2C[C@@H]3C(N(C(=O)CC(F)(F)F)C2)[C@]13OC(=O)C(C)(C)C. The highest BCUT2D eigenvalue weighted by Crippen LogP contribution is 2.66. The third kappa shape index (κ3) is 5.86. The highest BCUT2D eigenvalue weighted by atomic mass is 19.4. The Morgan fingerprint density at radius 2 is 1.62 bits per heavy atom. The Labute approximate surface area is 187 Å². The Morgan fingerprint density at radius 3 is 2.03 bits per heavy atom. The van der Waals surface area contributed by atoms with Crippen LogP contribution >= 0.6 is 0 Å². The van der Waals surface area contributed by atoms with E-state index in [1.807, 2.05) is 6.92 Å². The predicted octanol–water partition coefficient (Wildman–Crippen LogP) is 4.03. The third-order valence-corrected chi connectivity index (χ3v) is 6.11. The highest BCUT2D eigenvalue weighted by Gasteiger charge is 2.77. The van der Waals surface area contributed by atoms with E-state index in [1.165, 1.54) is 4.90 Å². The molecule has 1 heterocycles. The van der Waals surface area contributed by atoms with E-state index in [4.69, 9.17) is 10.5 Å². The lowest BCUT2D eigenvalue weighted by atomic mass is 9.80. The molecular weight excluding hydrogens is 429 g/mol. The number of piperidine rings is 1. The summed E-state index contributed by atoms with van der Waals surface area (Å²) >= 11 is 0. The van der Waals surface area contributed by atoms with Gasteiger partial charge < -0.3 is 20.1 Å². The first-order chi connectivity index (χ1) is 14.3. The lowest BCUT2D eigenvalue weighted by Gasteiger charge is -2.34. The van der Waals surface area contributed by atoms with Crippen molar-refractivity contribution in [1.29, 1.82) is 0 Å². The summed E-state index contributed by atoms with van der Waals surface area (Å²) < 4.78 is 48.3. The molecular formula is C22H35F3N2O5. The van der Waals surface area contributed by atoms with E-state index in [-0.39, 0.29) is 23.7 Å². The smallest absolute Gasteiger partial charge is 0.405 e. The summed E-state index contributed by atoms with van der Waals surface area (Å²) in [6.07, 6.45) is -5.08. The number of fused-ring (bicyclic) bond motifs is 2. The molecule has 2 bridgehead atoms. The van der Waals surface area contributed by atoms with Crippen LogP contribution < -0.4 is 5.73 Å². The van der Waals surface area contributed by atoms with Gasteiger partial charge in [0, 0.05) is 12.5 Å². The van der Waals surface area contributed by atoms with Crippen LogP contribution in [0.4, 0.5) is 18.0 Å². The maximum absolute atomic E-state index is 12.6. The molecule has 10 heteroatoms. The minimum Gasteiger partial charge on any atom is -0.456 e. The van der Waals surface area contributed by atoms with Crippen LogP contribution in [0, 0.1) is 23.2 Å². The zero-order valence-corrected chi connectivity index (χ0v) is 19.8. The topological polar surface area (TPSA) is 98.9 Å². The average molecular weight is 465 g/mol. The highest BCUT2D eigenvalue weighted by molar-refractivity contribution is 5.80. The van der Waals surface area contributed by atoms with Gasteiger partial charge in [-0.1, -0.05) is 6.92 Å². The normalized spacial score (nSPS) is 31.1. The molecule has 0 aromatic rings. The number of ether oxygens (including phenoxy) is 2. The van der Waals surface area contributed by atoms with Gasteiger partial charge in [-0.05, 0) is 66.2 Å². The summed E-state index contributed by atoms with van der Waals surface area (Å²) in [4.78, 5) is 35.9. The number of hydrogen-bond acceptors (Lipinski definition) is 5. The number of carbonyl (C=O) groups excluding carboxylic acids is 3. The number of rotatable bonds is 2. The molecule has 0 aromatic carbocycles. The summed E-state index contributed by atoms with van der Waals surface area (Å²) in [5, 5.41) is 0. The molecule has 5 atom stereocenters. The molecule has 0 spiro atoms. The number of nitrogens with zero attached hydrogens (tertiary/aromatic N) is 1. The Hall–Kier alpha value is -2.00. The lowest BCUT2D eigenvalue weighted by Crippen LogP contribution is -2.43. The molecule has 3 unspecified atom stereocenters. The molecule has 32 heavy (non-hydrogen) atoms. The maximum atomic E-state index is 12.6. The van der Waals surface area contributed by atoms with Crippen LogP contribution in [0.15, 0.2) is 0 Å². The number of nitrogens with two attached hydrogens (primary N) is 1. The van der Waals surface area contributed by atoms with Gasteiger partial charge in [0.15, 0.2) is 0 Å². The van der Waals surface area contributed by atoms with Gasteiger partial charge in [0.25, 0.3) is 0 Å². The van der Waals surface area contributed by atoms with Crippen molar-refractivity contribution >= 4 is 18.0 Å². The molecule has 1 saturated heterocycles. The summed E-state index contributed by atoms with van der Waals surface area (Å²) in [5.74, 6) is -1.03. The Kier molecular flexibility index (Phi) is 6.90. The van der Waals surface area contributed by atoms with Gasteiger partial charge in [0.2, 0.25) is 5.91 Å². The molecule has 3 rings (SSSR count). The third-order valence-electron chi connectivity index (χ3n) is 6.11. The van der Waals surface area contributed by atoms with Crippen molar-refractivity contribution in [2.45, 2.75) is 91.1 Å². The quantitative estimate of drug-likeness (QED) is 0.622. The number of likely N-dealkylation sites (tertiary alicyclic amines) is 1. The first-order valence-electron chi connectivity index (χ1n) is 10.9. The largest absolute Gasteiger partial charge is 0.456 e. The number of halogens is 3. The van der Waals surface area contributed by atoms with Crippen LogP contribution in [-0.4, -0.2) is 52.8 Å². The summed E-state index contributed by atoms with van der Waals surface area (Å²) in [6.45, 7) is 12.9. The number of carbonyl (C=O) groups is 3. The molecule has 3 fully saturated rings. The van der Waals surface area contributed by atoms with Gasteiger partial charge in [-0.15, -0.1) is 0 Å². The molecule has 2 amide bonds. The zero-order chi connectivity index (χ0) is 24.9. The minimum atomic E-state index is -4.52. The van der Waals surface area contributed by atoms with Gasteiger partial charge in [0.05, 0.1) is 11.5 Å². The van der Waals surface area contributed by atoms with Gasteiger partial charge in [-0.3, -0.25) is 9.59 Å². The molecule has 2 aliphatic carbocycles. The molecule has 184 valence electrons. The summed E-state index contributed by atoms with van der Waals surface area (Å²) in [5.41, 5.74) is 2.79. The summed E-state index contributed by atoms with van der Waals surface area (Å²) in [7, 11) is 0. The van der Waals surface area contributed by atoms with E-state index < -0.39 is 47.3 Å². The fraction of sp³-hybridized carbons (Fsp3) is 0.864. The second kappa shape index (κ2) is 8.41. The van der Waals surface area contributed by atoms with E-state index in [9.17, 15) is 27.6 Å². The van der Waals surface area contributed by atoms with E-state index in [0.717, 1.165) is 12.8 Å².